The third-order valence-electron chi connectivity index (χ3n) is 5.39. The predicted octanol–water partition coefficient (Wildman–Crippen LogP) is 3.63. The van der Waals surface area contributed by atoms with Crippen LogP contribution in [0.5, 0.6) is 0 Å². The van der Waals surface area contributed by atoms with Crippen molar-refractivity contribution in [2.45, 2.75) is 53.6 Å². The number of hydrogen-bond donors (Lipinski definition) is 2. The molecule has 1 aliphatic heterocycles. The number of hydrogen-bond acceptors (Lipinski definition) is 5. The summed E-state index contributed by atoms with van der Waals surface area (Å²) in [5.74, 6) is 3.37. The average Bonchev–Trinajstić information content (AvgIpc) is 3.23. The minimum atomic E-state index is 0.677. The van der Waals surface area contributed by atoms with Gasteiger partial charge >= 0.3 is 0 Å². The van der Waals surface area contributed by atoms with Crippen LogP contribution >= 0.6 is 11.3 Å². The summed E-state index contributed by atoms with van der Waals surface area (Å²) in [5, 5.41) is 9.04. The molecule has 1 fully saturated rings. The van der Waals surface area contributed by atoms with Gasteiger partial charge < -0.3 is 15.1 Å². The summed E-state index contributed by atoms with van der Waals surface area (Å²) in [6.45, 7) is 13.8. The second kappa shape index (κ2) is 10.1. The first kappa shape index (κ1) is 20.9. The van der Waals surface area contributed by atoms with E-state index in [2.05, 4.69) is 45.8 Å². The molecular formula is C21H33N5OS. The van der Waals surface area contributed by atoms with Crippen molar-refractivity contribution in [3.63, 3.8) is 0 Å². The molecule has 2 aromatic rings. The smallest absolute Gasteiger partial charge is 0.208 e. The standard InChI is InChI=1S/C21H33N5OS/c1-5-22-21(24-13-19-15(2)8-11-28-19)23-12-18-6-9-26(10-7-18)14-20-25-16(3)17(4)27-20/h8,11,18H,5-7,9-10,12-14H2,1-4H3,(H2,22,23,24). The fourth-order valence-corrected chi connectivity index (χ4v) is 4.28. The van der Waals surface area contributed by atoms with E-state index in [0.717, 1.165) is 62.6 Å². The SMILES string of the molecule is CCNC(=NCc1sccc1C)NCC1CCN(Cc2nc(C)c(C)o2)CC1. The maximum atomic E-state index is 5.73. The summed E-state index contributed by atoms with van der Waals surface area (Å²) in [5.41, 5.74) is 2.33. The van der Waals surface area contributed by atoms with Gasteiger partial charge in [-0.3, -0.25) is 4.90 Å². The van der Waals surface area contributed by atoms with Crippen molar-refractivity contribution < 1.29 is 4.42 Å². The Morgan fingerprint density at radius 3 is 2.68 bits per heavy atom. The van der Waals surface area contributed by atoms with Gasteiger partial charge in [0.25, 0.3) is 0 Å². The summed E-state index contributed by atoms with van der Waals surface area (Å²) < 4.78 is 5.73. The van der Waals surface area contributed by atoms with Gasteiger partial charge in [0.1, 0.15) is 5.76 Å². The zero-order valence-electron chi connectivity index (χ0n) is 17.5. The highest BCUT2D eigenvalue weighted by Gasteiger charge is 2.21. The second-order valence-corrected chi connectivity index (χ2v) is 8.57. The number of nitrogens with one attached hydrogen (secondary N) is 2. The Labute approximate surface area is 172 Å². The van der Waals surface area contributed by atoms with Gasteiger partial charge in [0.05, 0.1) is 18.8 Å². The molecule has 7 heteroatoms. The number of aliphatic imine (C=N–C) groups is 1. The minimum absolute atomic E-state index is 0.677. The molecule has 0 saturated carbocycles. The normalized spacial score (nSPS) is 16.5. The first-order valence-electron chi connectivity index (χ1n) is 10.3. The Morgan fingerprint density at radius 1 is 1.29 bits per heavy atom. The van der Waals surface area contributed by atoms with Crippen LogP contribution in [-0.4, -0.2) is 42.0 Å². The number of oxazole rings is 1. The van der Waals surface area contributed by atoms with Crippen molar-refractivity contribution in [1.29, 1.82) is 0 Å². The van der Waals surface area contributed by atoms with Gasteiger partial charge in [-0.2, -0.15) is 0 Å². The highest BCUT2D eigenvalue weighted by Crippen LogP contribution is 2.19. The molecule has 2 aromatic heterocycles. The van der Waals surface area contributed by atoms with Gasteiger partial charge in [-0.25, -0.2) is 9.98 Å². The Bertz CT molecular complexity index is 754. The van der Waals surface area contributed by atoms with Gasteiger partial charge in [0.15, 0.2) is 5.96 Å². The minimum Gasteiger partial charge on any atom is -0.444 e. The van der Waals surface area contributed by atoms with Crippen molar-refractivity contribution in [1.82, 2.24) is 20.5 Å². The van der Waals surface area contributed by atoms with Crippen molar-refractivity contribution in [2.24, 2.45) is 10.9 Å². The van der Waals surface area contributed by atoms with E-state index in [1.807, 2.05) is 13.8 Å². The molecule has 0 aliphatic carbocycles. The summed E-state index contributed by atoms with van der Waals surface area (Å²) in [6.07, 6.45) is 2.38. The lowest BCUT2D eigenvalue weighted by Gasteiger charge is -2.31. The van der Waals surface area contributed by atoms with Crippen LogP contribution in [0.3, 0.4) is 0 Å². The van der Waals surface area contributed by atoms with Crippen LogP contribution in [0.2, 0.25) is 0 Å². The lowest BCUT2D eigenvalue weighted by molar-refractivity contribution is 0.164. The quantitative estimate of drug-likeness (QED) is 0.546. The molecule has 3 rings (SSSR count). The van der Waals surface area contributed by atoms with E-state index in [4.69, 9.17) is 9.41 Å². The number of piperidine rings is 1. The molecule has 0 amide bonds. The zero-order chi connectivity index (χ0) is 19.9. The van der Waals surface area contributed by atoms with E-state index >= 15 is 0 Å². The molecule has 28 heavy (non-hydrogen) atoms. The average molecular weight is 404 g/mol. The van der Waals surface area contributed by atoms with Gasteiger partial charge in [0.2, 0.25) is 5.89 Å². The Morgan fingerprint density at radius 2 is 2.07 bits per heavy atom. The number of guanidine groups is 1. The molecule has 154 valence electrons. The molecule has 1 saturated heterocycles. The lowest BCUT2D eigenvalue weighted by Crippen LogP contribution is -2.42. The Balaban J connectivity index is 1.43. The van der Waals surface area contributed by atoms with Gasteiger partial charge in [-0.1, -0.05) is 0 Å². The van der Waals surface area contributed by atoms with Crippen LogP contribution in [0.4, 0.5) is 0 Å². The molecule has 2 N–H and O–H groups in total. The number of aryl methyl sites for hydroxylation is 3. The lowest BCUT2D eigenvalue weighted by atomic mass is 9.97. The molecule has 0 radical (unpaired) electrons. The van der Waals surface area contributed by atoms with E-state index in [1.54, 1.807) is 11.3 Å². The maximum Gasteiger partial charge on any atom is 0.208 e. The topological polar surface area (TPSA) is 65.7 Å². The highest BCUT2D eigenvalue weighted by atomic mass is 32.1. The van der Waals surface area contributed by atoms with Crippen LogP contribution in [0.15, 0.2) is 20.9 Å². The summed E-state index contributed by atoms with van der Waals surface area (Å²) in [4.78, 5) is 13.0. The third kappa shape index (κ3) is 5.82. The van der Waals surface area contributed by atoms with Crippen LogP contribution in [0.1, 0.15) is 47.6 Å². The maximum absolute atomic E-state index is 5.73. The largest absolute Gasteiger partial charge is 0.444 e. The van der Waals surface area contributed by atoms with Crippen LogP contribution in [0.25, 0.3) is 0 Å². The molecule has 0 bridgehead atoms. The number of nitrogens with zero attached hydrogens (tertiary/aromatic N) is 3. The summed E-state index contributed by atoms with van der Waals surface area (Å²) in [6, 6.07) is 2.16. The van der Waals surface area contributed by atoms with Crippen molar-refractivity contribution in [2.75, 3.05) is 26.2 Å². The van der Waals surface area contributed by atoms with E-state index < -0.39 is 0 Å². The first-order chi connectivity index (χ1) is 13.5. The predicted molar refractivity (Wildman–Crippen MR) is 116 cm³/mol. The monoisotopic (exact) mass is 403 g/mol. The number of likely N-dealkylation sites (tertiary alicyclic amines) is 1. The fraction of sp³-hybridized carbons (Fsp3) is 0.619. The molecule has 3 heterocycles. The number of aromatic nitrogens is 1. The molecule has 0 spiro atoms. The van der Waals surface area contributed by atoms with Crippen molar-refractivity contribution in [3.05, 3.63) is 39.2 Å². The summed E-state index contributed by atoms with van der Waals surface area (Å²) in [7, 11) is 0. The van der Waals surface area contributed by atoms with Crippen molar-refractivity contribution in [3.8, 4) is 0 Å². The van der Waals surface area contributed by atoms with Crippen molar-refractivity contribution >= 4 is 17.3 Å². The molecular weight excluding hydrogens is 370 g/mol. The molecule has 0 atom stereocenters. The second-order valence-electron chi connectivity index (χ2n) is 7.57. The first-order valence-corrected chi connectivity index (χ1v) is 11.1. The van der Waals surface area contributed by atoms with Crippen LogP contribution < -0.4 is 10.6 Å². The molecule has 6 nitrogen and oxygen atoms in total. The van der Waals surface area contributed by atoms with E-state index in [-0.39, 0.29) is 0 Å². The third-order valence-corrected chi connectivity index (χ3v) is 6.40. The van der Waals surface area contributed by atoms with E-state index in [9.17, 15) is 0 Å². The van der Waals surface area contributed by atoms with E-state index in [1.165, 1.54) is 23.3 Å². The number of rotatable bonds is 7. The van der Waals surface area contributed by atoms with Gasteiger partial charge in [-0.05, 0) is 76.6 Å². The van der Waals surface area contributed by atoms with Crippen LogP contribution in [0, 0.1) is 26.7 Å². The zero-order valence-corrected chi connectivity index (χ0v) is 18.4. The highest BCUT2D eigenvalue weighted by molar-refractivity contribution is 7.10. The Hall–Kier alpha value is -1.86. The fourth-order valence-electron chi connectivity index (χ4n) is 3.45. The van der Waals surface area contributed by atoms with E-state index in [0.29, 0.717) is 5.92 Å². The summed E-state index contributed by atoms with van der Waals surface area (Å²) >= 11 is 1.78. The Kier molecular flexibility index (Phi) is 7.50. The molecule has 0 aromatic carbocycles. The molecule has 1 aliphatic rings. The number of thiophene rings is 1. The van der Waals surface area contributed by atoms with Crippen LogP contribution in [-0.2, 0) is 13.1 Å². The van der Waals surface area contributed by atoms with Gasteiger partial charge in [0, 0.05) is 18.0 Å². The molecule has 0 unspecified atom stereocenters. The van der Waals surface area contributed by atoms with Gasteiger partial charge in [-0.15, -0.1) is 11.3 Å².